The lowest BCUT2D eigenvalue weighted by atomic mass is 9.82. The molecule has 3 nitrogen and oxygen atoms in total. The fourth-order valence-electron chi connectivity index (χ4n) is 2.98. The van der Waals surface area contributed by atoms with E-state index in [1.165, 1.54) is 24.0 Å². The van der Waals surface area contributed by atoms with Crippen molar-refractivity contribution in [1.29, 1.82) is 0 Å². The van der Waals surface area contributed by atoms with Gasteiger partial charge in [-0.2, -0.15) is 5.10 Å². The molecule has 0 saturated heterocycles. The van der Waals surface area contributed by atoms with Gasteiger partial charge in [0.2, 0.25) is 0 Å². The van der Waals surface area contributed by atoms with Crippen molar-refractivity contribution in [3.05, 3.63) is 58.7 Å². The minimum Gasteiger partial charge on any atom is -0.262 e. The van der Waals surface area contributed by atoms with Crippen LogP contribution in [0.2, 0.25) is 0 Å². The number of nitrogens with zero attached hydrogens (tertiary/aromatic N) is 2. The number of benzene rings is 1. The second-order valence-electron chi connectivity index (χ2n) is 5.17. The van der Waals surface area contributed by atoms with Crippen LogP contribution < -0.4 is 0 Å². The molecule has 0 bridgehead atoms. The Balaban J connectivity index is 1.72. The second-order valence-corrected chi connectivity index (χ2v) is 6.11. The van der Waals surface area contributed by atoms with Gasteiger partial charge in [-0.05, 0) is 41.8 Å². The van der Waals surface area contributed by atoms with Crippen molar-refractivity contribution in [2.45, 2.75) is 25.2 Å². The van der Waals surface area contributed by atoms with E-state index in [4.69, 9.17) is 4.98 Å². The SMILES string of the molecule is c1csc(-c2n[nH]c(C3CCCc4ccccc43)n2)c1. The van der Waals surface area contributed by atoms with Gasteiger partial charge in [0.1, 0.15) is 5.82 Å². The van der Waals surface area contributed by atoms with Crippen LogP contribution in [0.15, 0.2) is 41.8 Å². The number of thiophene rings is 1. The molecule has 0 saturated carbocycles. The molecule has 4 heteroatoms. The highest BCUT2D eigenvalue weighted by Crippen LogP contribution is 2.35. The molecule has 3 aromatic rings. The van der Waals surface area contributed by atoms with Crippen LogP contribution in [0.25, 0.3) is 10.7 Å². The summed E-state index contributed by atoms with van der Waals surface area (Å²) in [4.78, 5) is 5.84. The zero-order chi connectivity index (χ0) is 13.4. The molecule has 1 N–H and O–H groups in total. The van der Waals surface area contributed by atoms with Gasteiger partial charge in [0.25, 0.3) is 0 Å². The predicted octanol–water partition coefficient (Wildman–Crippen LogP) is 4.00. The van der Waals surface area contributed by atoms with E-state index in [0.29, 0.717) is 5.92 Å². The quantitative estimate of drug-likeness (QED) is 0.771. The van der Waals surface area contributed by atoms with Gasteiger partial charge in [0, 0.05) is 5.92 Å². The maximum absolute atomic E-state index is 4.72. The molecule has 0 amide bonds. The summed E-state index contributed by atoms with van der Waals surface area (Å²) in [6.07, 6.45) is 3.55. The smallest absolute Gasteiger partial charge is 0.191 e. The lowest BCUT2D eigenvalue weighted by Gasteiger charge is -2.23. The highest BCUT2D eigenvalue weighted by Gasteiger charge is 2.24. The van der Waals surface area contributed by atoms with Crippen LogP contribution in [0.4, 0.5) is 0 Å². The number of nitrogens with one attached hydrogen (secondary N) is 1. The first-order valence-electron chi connectivity index (χ1n) is 6.96. The van der Waals surface area contributed by atoms with Crippen molar-refractivity contribution < 1.29 is 0 Å². The van der Waals surface area contributed by atoms with Crippen LogP contribution in [-0.4, -0.2) is 15.2 Å². The van der Waals surface area contributed by atoms with Gasteiger partial charge in [-0.3, -0.25) is 5.10 Å². The van der Waals surface area contributed by atoms with Crippen molar-refractivity contribution >= 4 is 11.3 Å². The Bertz CT molecular complexity index is 715. The minimum atomic E-state index is 0.362. The van der Waals surface area contributed by atoms with E-state index >= 15 is 0 Å². The largest absolute Gasteiger partial charge is 0.262 e. The van der Waals surface area contributed by atoms with Crippen molar-refractivity contribution in [3.8, 4) is 10.7 Å². The topological polar surface area (TPSA) is 41.6 Å². The second kappa shape index (κ2) is 4.87. The molecule has 1 aromatic carbocycles. The molecule has 0 radical (unpaired) electrons. The number of hydrogen-bond acceptors (Lipinski definition) is 3. The highest BCUT2D eigenvalue weighted by atomic mass is 32.1. The molecule has 1 unspecified atom stereocenters. The average Bonchev–Trinajstić information content (AvgIpc) is 3.17. The summed E-state index contributed by atoms with van der Waals surface area (Å²) in [7, 11) is 0. The number of H-pyrrole nitrogens is 1. The van der Waals surface area contributed by atoms with Gasteiger partial charge in [-0.1, -0.05) is 30.3 Å². The van der Waals surface area contributed by atoms with E-state index in [2.05, 4.69) is 45.9 Å². The van der Waals surface area contributed by atoms with Gasteiger partial charge >= 0.3 is 0 Å². The maximum atomic E-state index is 4.72. The number of aromatic nitrogens is 3. The highest BCUT2D eigenvalue weighted by molar-refractivity contribution is 7.13. The van der Waals surface area contributed by atoms with Crippen LogP contribution in [0.5, 0.6) is 0 Å². The Morgan fingerprint density at radius 3 is 3.00 bits per heavy atom. The zero-order valence-corrected chi connectivity index (χ0v) is 11.9. The molecule has 1 aliphatic rings. The molecular weight excluding hydrogens is 266 g/mol. The lowest BCUT2D eigenvalue weighted by molar-refractivity contribution is 0.592. The molecule has 1 atom stereocenters. The van der Waals surface area contributed by atoms with Crippen LogP contribution in [-0.2, 0) is 6.42 Å². The Morgan fingerprint density at radius 1 is 1.15 bits per heavy atom. The first-order chi connectivity index (χ1) is 9.92. The summed E-state index contributed by atoms with van der Waals surface area (Å²) < 4.78 is 0. The molecule has 0 spiro atoms. The molecule has 1 aliphatic carbocycles. The Labute approximate surface area is 121 Å². The summed E-state index contributed by atoms with van der Waals surface area (Å²) in [6, 6.07) is 12.8. The number of aromatic amines is 1. The Hall–Kier alpha value is -1.94. The summed E-state index contributed by atoms with van der Waals surface area (Å²) in [5, 5.41) is 9.59. The van der Waals surface area contributed by atoms with Crippen molar-refractivity contribution in [3.63, 3.8) is 0 Å². The molecule has 2 heterocycles. The fourth-order valence-corrected chi connectivity index (χ4v) is 3.64. The first kappa shape index (κ1) is 11.9. The van der Waals surface area contributed by atoms with Gasteiger partial charge in [0.05, 0.1) is 4.88 Å². The van der Waals surface area contributed by atoms with Crippen molar-refractivity contribution in [2.75, 3.05) is 0 Å². The minimum absolute atomic E-state index is 0.362. The van der Waals surface area contributed by atoms with Crippen LogP contribution in [0.1, 0.15) is 35.7 Å². The van der Waals surface area contributed by atoms with Crippen LogP contribution >= 0.6 is 11.3 Å². The normalized spacial score (nSPS) is 17.9. The van der Waals surface area contributed by atoms with Crippen LogP contribution in [0, 0.1) is 0 Å². The summed E-state index contributed by atoms with van der Waals surface area (Å²) >= 11 is 1.68. The monoisotopic (exact) mass is 281 g/mol. The van der Waals surface area contributed by atoms with Crippen molar-refractivity contribution in [2.24, 2.45) is 0 Å². The molecule has 2 aromatic heterocycles. The van der Waals surface area contributed by atoms with E-state index in [9.17, 15) is 0 Å². The van der Waals surface area contributed by atoms with E-state index in [1.807, 2.05) is 6.07 Å². The van der Waals surface area contributed by atoms with Gasteiger partial charge in [-0.15, -0.1) is 11.3 Å². The number of aryl methyl sites for hydroxylation is 1. The van der Waals surface area contributed by atoms with Gasteiger partial charge in [-0.25, -0.2) is 4.98 Å². The number of rotatable bonds is 2. The van der Waals surface area contributed by atoms with Crippen molar-refractivity contribution in [1.82, 2.24) is 15.2 Å². The third-order valence-corrected chi connectivity index (χ3v) is 4.81. The van der Waals surface area contributed by atoms with Crippen LogP contribution in [0.3, 0.4) is 0 Å². The molecule has 0 fully saturated rings. The predicted molar refractivity (Wildman–Crippen MR) is 80.9 cm³/mol. The van der Waals surface area contributed by atoms with E-state index in [0.717, 1.165) is 22.9 Å². The standard InChI is InChI=1S/C16H15N3S/c1-2-7-12-11(5-1)6-3-8-13(12)15-17-16(19-18-15)14-9-4-10-20-14/h1-2,4-5,7,9-10,13H,3,6,8H2,(H,17,18,19). The number of fused-ring (bicyclic) bond motifs is 1. The zero-order valence-electron chi connectivity index (χ0n) is 11.0. The van der Waals surface area contributed by atoms with E-state index in [-0.39, 0.29) is 0 Å². The molecule has 100 valence electrons. The third-order valence-electron chi connectivity index (χ3n) is 3.94. The Kier molecular flexibility index (Phi) is 2.89. The Morgan fingerprint density at radius 2 is 2.10 bits per heavy atom. The summed E-state index contributed by atoms with van der Waals surface area (Å²) in [6.45, 7) is 0. The van der Waals surface area contributed by atoms with E-state index in [1.54, 1.807) is 11.3 Å². The third kappa shape index (κ3) is 1.96. The summed E-state index contributed by atoms with van der Waals surface area (Å²) in [5.41, 5.74) is 2.87. The fraction of sp³-hybridized carbons (Fsp3) is 0.250. The molecule has 4 rings (SSSR count). The first-order valence-corrected chi connectivity index (χ1v) is 7.84. The molecule has 0 aliphatic heterocycles. The molecular formula is C16H15N3S. The molecule has 20 heavy (non-hydrogen) atoms. The summed E-state index contributed by atoms with van der Waals surface area (Å²) in [5.74, 6) is 2.18. The van der Waals surface area contributed by atoms with Gasteiger partial charge in [0.15, 0.2) is 5.82 Å². The number of hydrogen-bond donors (Lipinski definition) is 1. The lowest BCUT2D eigenvalue weighted by Crippen LogP contribution is -2.12. The average molecular weight is 281 g/mol. The van der Waals surface area contributed by atoms with Gasteiger partial charge < -0.3 is 0 Å². The van der Waals surface area contributed by atoms with E-state index < -0.39 is 0 Å². The maximum Gasteiger partial charge on any atom is 0.191 e.